The van der Waals surface area contributed by atoms with Gasteiger partial charge in [-0.1, -0.05) is 18.5 Å². The molecule has 0 aliphatic heterocycles. The van der Waals surface area contributed by atoms with Crippen molar-refractivity contribution < 1.29 is 5.11 Å². The highest BCUT2D eigenvalue weighted by molar-refractivity contribution is 6.31. The normalized spacial score (nSPS) is 13.1. The van der Waals surface area contributed by atoms with Crippen LogP contribution in [0.3, 0.4) is 0 Å². The van der Waals surface area contributed by atoms with Crippen molar-refractivity contribution in [3.63, 3.8) is 0 Å². The monoisotopic (exact) mass is 245 g/mol. The second-order valence-corrected chi connectivity index (χ2v) is 4.35. The van der Waals surface area contributed by atoms with Crippen LogP contribution in [0.5, 0.6) is 0 Å². The largest absolute Gasteiger partial charge is 0.396 e. The van der Waals surface area contributed by atoms with Crippen LogP contribution in [-0.2, 0) is 13.6 Å². The zero-order chi connectivity index (χ0) is 12.1. The van der Waals surface area contributed by atoms with Gasteiger partial charge in [0.2, 0.25) is 0 Å². The van der Waals surface area contributed by atoms with Gasteiger partial charge in [-0.05, 0) is 19.8 Å². The third-order valence-corrected chi connectivity index (χ3v) is 3.28. The molecule has 4 nitrogen and oxygen atoms in total. The summed E-state index contributed by atoms with van der Waals surface area (Å²) in [6, 6.07) is 0.330. The van der Waals surface area contributed by atoms with Crippen LogP contribution < -0.4 is 5.32 Å². The lowest BCUT2D eigenvalue weighted by atomic mass is 10.1. The van der Waals surface area contributed by atoms with Crippen molar-refractivity contribution in [2.45, 2.75) is 39.3 Å². The Morgan fingerprint density at radius 3 is 2.69 bits per heavy atom. The van der Waals surface area contributed by atoms with Gasteiger partial charge in [0, 0.05) is 26.2 Å². The van der Waals surface area contributed by atoms with E-state index in [9.17, 15) is 0 Å². The number of hydrogen-bond donors (Lipinski definition) is 2. The van der Waals surface area contributed by atoms with Crippen molar-refractivity contribution in [2.24, 2.45) is 7.05 Å². The van der Waals surface area contributed by atoms with Crippen molar-refractivity contribution in [2.75, 3.05) is 6.61 Å². The zero-order valence-corrected chi connectivity index (χ0v) is 10.9. The summed E-state index contributed by atoms with van der Waals surface area (Å²) in [4.78, 5) is 0. The van der Waals surface area contributed by atoms with Crippen LogP contribution >= 0.6 is 11.6 Å². The van der Waals surface area contributed by atoms with E-state index in [1.165, 1.54) is 0 Å². The lowest BCUT2D eigenvalue weighted by Crippen LogP contribution is -2.29. The van der Waals surface area contributed by atoms with Crippen molar-refractivity contribution in [1.82, 2.24) is 15.1 Å². The van der Waals surface area contributed by atoms with Gasteiger partial charge < -0.3 is 10.4 Å². The van der Waals surface area contributed by atoms with E-state index in [2.05, 4.69) is 17.3 Å². The number of rotatable bonds is 6. The Kier molecular flexibility index (Phi) is 5.25. The molecular weight excluding hydrogens is 226 g/mol. The highest BCUT2D eigenvalue weighted by Crippen LogP contribution is 2.19. The Labute approximate surface area is 102 Å². The lowest BCUT2D eigenvalue weighted by molar-refractivity contribution is 0.261. The van der Waals surface area contributed by atoms with E-state index in [4.69, 9.17) is 16.7 Å². The molecule has 0 aromatic carbocycles. The minimum Gasteiger partial charge on any atom is -0.396 e. The number of aliphatic hydroxyl groups is 1. The number of aryl methyl sites for hydroxylation is 2. The number of halogens is 1. The quantitative estimate of drug-likeness (QED) is 0.801. The third-order valence-electron chi connectivity index (χ3n) is 2.79. The molecule has 1 aromatic rings. The van der Waals surface area contributed by atoms with Crippen LogP contribution in [0.4, 0.5) is 0 Å². The first-order chi connectivity index (χ1) is 7.60. The van der Waals surface area contributed by atoms with E-state index >= 15 is 0 Å². The second-order valence-electron chi connectivity index (χ2n) is 3.97. The molecule has 0 amide bonds. The first kappa shape index (κ1) is 13.5. The highest BCUT2D eigenvalue weighted by Gasteiger charge is 2.12. The Morgan fingerprint density at radius 2 is 2.25 bits per heavy atom. The topological polar surface area (TPSA) is 50.1 Å². The molecule has 0 saturated carbocycles. The van der Waals surface area contributed by atoms with Gasteiger partial charge in [0.1, 0.15) is 0 Å². The molecule has 1 unspecified atom stereocenters. The minimum absolute atomic E-state index is 0.212. The van der Waals surface area contributed by atoms with E-state index < -0.39 is 0 Å². The SMILES string of the molecule is CCC(CCO)NCc1c(Cl)c(C)nn1C. The number of hydrogen-bond acceptors (Lipinski definition) is 3. The van der Waals surface area contributed by atoms with E-state index in [0.717, 1.165) is 29.3 Å². The van der Waals surface area contributed by atoms with Gasteiger partial charge in [0.15, 0.2) is 0 Å². The molecule has 0 aliphatic carbocycles. The minimum atomic E-state index is 0.212. The van der Waals surface area contributed by atoms with Gasteiger partial charge in [0.05, 0.1) is 16.4 Å². The van der Waals surface area contributed by atoms with E-state index in [-0.39, 0.29) is 6.61 Å². The first-order valence-corrected chi connectivity index (χ1v) is 6.00. The summed E-state index contributed by atoms with van der Waals surface area (Å²) in [6.45, 7) is 4.90. The standard InChI is InChI=1S/C11H20ClN3O/c1-4-9(5-6-16)13-7-10-11(12)8(2)14-15(10)3/h9,13,16H,4-7H2,1-3H3. The Hall–Kier alpha value is -0.580. The average Bonchev–Trinajstić information content (AvgIpc) is 2.49. The van der Waals surface area contributed by atoms with Gasteiger partial charge in [0.25, 0.3) is 0 Å². The molecule has 2 N–H and O–H groups in total. The van der Waals surface area contributed by atoms with Crippen LogP contribution in [0.1, 0.15) is 31.2 Å². The predicted octanol–water partition coefficient (Wildman–Crippen LogP) is 1.63. The third kappa shape index (κ3) is 3.20. The Bertz CT molecular complexity index is 338. The maximum atomic E-state index is 8.89. The Balaban J connectivity index is 2.59. The molecule has 0 spiro atoms. The molecule has 1 atom stereocenters. The molecule has 1 rings (SSSR count). The number of nitrogens with one attached hydrogen (secondary N) is 1. The van der Waals surface area contributed by atoms with Crippen molar-refractivity contribution >= 4 is 11.6 Å². The van der Waals surface area contributed by atoms with Gasteiger partial charge >= 0.3 is 0 Å². The number of nitrogens with zero attached hydrogens (tertiary/aromatic N) is 2. The predicted molar refractivity (Wildman–Crippen MR) is 65.6 cm³/mol. The molecule has 5 heteroatoms. The fourth-order valence-corrected chi connectivity index (χ4v) is 1.95. The smallest absolute Gasteiger partial charge is 0.0860 e. The number of aliphatic hydroxyl groups excluding tert-OH is 1. The highest BCUT2D eigenvalue weighted by atomic mass is 35.5. The van der Waals surface area contributed by atoms with Crippen LogP contribution in [-0.4, -0.2) is 27.5 Å². The summed E-state index contributed by atoms with van der Waals surface area (Å²) in [6.07, 6.45) is 1.76. The molecular formula is C11H20ClN3O. The second kappa shape index (κ2) is 6.23. The maximum Gasteiger partial charge on any atom is 0.0860 e. The maximum absolute atomic E-state index is 8.89. The number of aromatic nitrogens is 2. The van der Waals surface area contributed by atoms with Crippen LogP contribution in [0.2, 0.25) is 5.02 Å². The Morgan fingerprint density at radius 1 is 1.56 bits per heavy atom. The summed E-state index contributed by atoms with van der Waals surface area (Å²) in [5, 5.41) is 17.3. The van der Waals surface area contributed by atoms with Gasteiger partial charge in [-0.15, -0.1) is 0 Å². The molecule has 92 valence electrons. The van der Waals surface area contributed by atoms with E-state index in [1.807, 2.05) is 14.0 Å². The molecule has 1 heterocycles. The molecule has 16 heavy (non-hydrogen) atoms. The van der Waals surface area contributed by atoms with Crippen molar-refractivity contribution in [3.05, 3.63) is 16.4 Å². The van der Waals surface area contributed by atoms with Gasteiger partial charge in [-0.2, -0.15) is 5.10 Å². The summed E-state index contributed by atoms with van der Waals surface area (Å²) in [7, 11) is 1.89. The summed E-state index contributed by atoms with van der Waals surface area (Å²) in [5.74, 6) is 0. The molecule has 0 fully saturated rings. The fourth-order valence-electron chi connectivity index (χ4n) is 1.72. The summed E-state index contributed by atoms with van der Waals surface area (Å²) < 4.78 is 1.80. The zero-order valence-electron chi connectivity index (χ0n) is 10.1. The van der Waals surface area contributed by atoms with Crippen molar-refractivity contribution in [1.29, 1.82) is 0 Å². The first-order valence-electron chi connectivity index (χ1n) is 5.62. The van der Waals surface area contributed by atoms with Gasteiger partial charge in [-0.3, -0.25) is 4.68 Å². The molecule has 1 aromatic heterocycles. The van der Waals surface area contributed by atoms with Crippen LogP contribution in [0.15, 0.2) is 0 Å². The molecule has 0 bridgehead atoms. The average molecular weight is 246 g/mol. The van der Waals surface area contributed by atoms with Crippen molar-refractivity contribution in [3.8, 4) is 0 Å². The molecule has 0 saturated heterocycles. The van der Waals surface area contributed by atoms with E-state index in [1.54, 1.807) is 4.68 Å². The molecule has 0 radical (unpaired) electrons. The lowest BCUT2D eigenvalue weighted by Gasteiger charge is -2.15. The van der Waals surface area contributed by atoms with Crippen LogP contribution in [0.25, 0.3) is 0 Å². The summed E-state index contributed by atoms with van der Waals surface area (Å²) >= 11 is 6.15. The van der Waals surface area contributed by atoms with E-state index in [0.29, 0.717) is 12.6 Å². The van der Waals surface area contributed by atoms with Gasteiger partial charge in [-0.25, -0.2) is 0 Å². The summed E-state index contributed by atoms with van der Waals surface area (Å²) in [5.41, 5.74) is 1.85. The fraction of sp³-hybridized carbons (Fsp3) is 0.727. The molecule has 0 aliphatic rings. The van der Waals surface area contributed by atoms with Crippen LogP contribution in [0, 0.1) is 6.92 Å².